The van der Waals surface area contributed by atoms with E-state index in [0.29, 0.717) is 6.04 Å². The summed E-state index contributed by atoms with van der Waals surface area (Å²) in [6.45, 7) is 0.283. The summed E-state index contributed by atoms with van der Waals surface area (Å²) < 4.78 is 0. The Morgan fingerprint density at radius 1 is 1.17 bits per heavy atom. The molecule has 1 aliphatic heterocycles. The molecule has 0 unspecified atom stereocenters. The van der Waals surface area contributed by atoms with Gasteiger partial charge in [-0.05, 0) is 25.0 Å². The normalized spacial score (nSPS) is 20.3. The molecule has 2 aliphatic rings. The molecule has 0 bridgehead atoms. The molecule has 0 spiro atoms. The first-order chi connectivity index (χ1) is 8.84. The fraction of sp³-hybridized carbons (Fsp3) is 0.429. The van der Waals surface area contributed by atoms with Gasteiger partial charge in [-0.2, -0.15) is 0 Å². The zero-order valence-corrected chi connectivity index (χ0v) is 10.3. The maximum Gasteiger partial charge on any atom is 0.251 e. The number of nitrogens with zero attached hydrogens (tertiary/aromatic N) is 2. The Labute approximate surface area is 107 Å². The monoisotopic (exact) mass is 243 g/mol. The molecule has 1 heterocycles. The van der Waals surface area contributed by atoms with Gasteiger partial charge in [0.15, 0.2) is 0 Å². The quantitative estimate of drug-likeness (QED) is 0.865. The zero-order chi connectivity index (χ0) is 12.4. The lowest BCUT2D eigenvalue weighted by Crippen LogP contribution is -2.43. The molecule has 1 N–H and O–H groups in total. The fourth-order valence-electron chi connectivity index (χ4n) is 2.70. The van der Waals surface area contributed by atoms with E-state index >= 15 is 0 Å². The molecule has 0 saturated heterocycles. The molecule has 94 valence electrons. The maximum absolute atomic E-state index is 11.9. The van der Waals surface area contributed by atoms with E-state index in [2.05, 4.69) is 10.3 Å². The summed E-state index contributed by atoms with van der Waals surface area (Å²) >= 11 is 0. The number of hydrogen-bond donors (Lipinski definition) is 1. The largest absolute Gasteiger partial charge is 0.326 e. The number of carbonyl (C=O) groups is 1. The average molecular weight is 243 g/mol. The number of carbonyl (C=O) groups excluding carboxylic acids is 1. The number of benzene rings is 1. The highest BCUT2D eigenvalue weighted by Crippen LogP contribution is 2.26. The molecule has 4 nitrogen and oxygen atoms in total. The van der Waals surface area contributed by atoms with Crippen LogP contribution in [-0.4, -0.2) is 29.4 Å². The van der Waals surface area contributed by atoms with Crippen LogP contribution in [0, 0.1) is 0 Å². The standard InChI is InChI=1S/C14H17N3O/c18-13-10-15-14(16-11-6-2-1-3-7-11)17(13)12-8-4-5-9-12/h1-3,6-7,12H,4-5,8-10H2,(H,15,16). The van der Waals surface area contributed by atoms with E-state index in [1.165, 1.54) is 12.8 Å². The number of rotatable bonds is 2. The first-order valence-corrected chi connectivity index (χ1v) is 6.53. The lowest BCUT2D eigenvalue weighted by molar-refractivity contribution is -0.126. The van der Waals surface area contributed by atoms with E-state index < -0.39 is 0 Å². The molecule has 18 heavy (non-hydrogen) atoms. The van der Waals surface area contributed by atoms with Crippen LogP contribution >= 0.6 is 0 Å². The highest BCUT2D eigenvalue weighted by Gasteiger charge is 2.33. The summed E-state index contributed by atoms with van der Waals surface area (Å²) in [5.41, 5.74) is 0.981. The number of guanidine groups is 1. The molecule has 1 fully saturated rings. The van der Waals surface area contributed by atoms with Crippen LogP contribution < -0.4 is 5.32 Å². The van der Waals surface area contributed by atoms with E-state index in [1.807, 2.05) is 35.2 Å². The van der Waals surface area contributed by atoms with Crippen LogP contribution in [0.25, 0.3) is 0 Å². The molecular formula is C14H17N3O. The van der Waals surface area contributed by atoms with Crippen molar-refractivity contribution in [2.75, 3.05) is 11.9 Å². The topological polar surface area (TPSA) is 44.7 Å². The first-order valence-electron chi connectivity index (χ1n) is 6.53. The van der Waals surface area contributed by atoms with E-state index in [-0.39, 0.29) is 12.5 Å². The van der Waals surface area contributed by atoms with Gasteiger partial charge in [0.2, 0.25) is 5.96 Å². The van der Waals surface area contributed by atoms with Crippen molar-refractivity contribution < 1.29 is 4.79 Å². The number of hydrogen-bond acceptors (Lipinski definition) is 3. The SMILES string of the molecule is O=C1CN=C(Nc2ccccc2)N1C1CCCC1. The van der Waals surface area contributed by atoms with E-state index in [4.69, 9.17) is 0 Å². The Kier molecular flexibility index (Phi) is 3.00. The van der Waals surface area contributed by atoms with Gasteiger partial charge < -0.3 is 5.32 Å². The molecule has 1 saturated carbocycles. The summed E-state index contributed by atoms with van der Waals surface area (Å²) in [6, 6.07) is 10.2. The molecule has 1 aromatic carbocycles. The minimum Gasteiger partial charge on any atom is -0.326 e. The van der Waals surface area contributed by atoms with Crippen molar-refractivity contribution in [2.45, 2.75) is 31.7 Å². The van der Waals surface area contributed by atoms with Crippen molar-refractivity contribution in [3.05, 3.63) is 30.3 Å². The molecule has 0 atom stereocenters. The Bertz CT molecular complexity index is 463. The van der Waals surface area contributed by atoms with Crippen LogP contribution in [0.4, 0.5) is 5.69 Å². The van der Waals surface area contributed by atoms with Crippen LogP contribution in [0.5, 0.6) is 0 Å². The molecule has 1 aliphatic carbocycles. The summed E-state index contributed by atoms with van der Waals surface area (Å²) in [4.78, 5) is 18.1. The molecular weight excluding hydrogens is 226 g/mol. The molecule has 0 radical (unpaired) electrons. The van der Waals surface area contributed by atoms with Crippen molar-refractivity contribution in [3.8, 4) is 0 Å². The van der Waals surface area contributed by atoms with Crippen molar-refractivity contribution in [1.29, 1.82) is 0 Å². The van der Waals surface area contributed by atoms with Gasteiger partial charge in [0.1, 0.15) is 6.54 Å². The second kappa shape index (κ2) is 4.80. The molecule has 0 aromatic heterocycles. The highest BCUT2D eigenvalue weighted by molar-refractivity contribution is 6.09. The zero-order valence-electron chi connectivity index (χ0n) is 10.3. The summed E-state index contributed by atoms with van der Waals surface area (Å²) in [7, 11) is 0. The molecule has 4 heteroatoms. The Morgan fingerprint density at radius 2 is 1.89 bits per heavy atom. The predicted octanol–water partition coefficient (Wildman–Crippen LogP) is 2.24. The van der Waals surface area contributed by atoms with Gasteiger partial charge in [-0.1, -0.05) is 31.0 Å². The Balaban J connectivity index is 1.76. The van der Waals surface area contributed by atoms with E-state index in [9.17, 15) is 4.79 Å². The summed E-state index contributed by atoms with van der Waals surface area (Å²) in [6.07, 6.45) is 4.63. The molecule has 1 aromatic rings. The van der Waals surface area contributed by atoms with Gasteiger partial charge in [-0.3, -0.25) is 9.69 Å². The van der Waals surface area contributed by atoms with Crippen LogP contribution in [0.15, 0.2) is 35.3 Å². The van der Waals surface area contributed by atoms with Crippen LogP contribution in [-0.2, 0) is 4.79 Å². The maximum atomic E-state index is 11.9. The van der Waals surface area contributed by atoms with Crippen molar-refractivity contribution in [3.63, 3.8) is 0 Å². The van der Waals surface area contributed by atoms with Gasteiger partial charge >= 0.3 is 0 Å². The number of aliphatic imine (C=N–C) groups is 1. The fourth-order valence-corrected chi connectivity index (χ4v) is 2.70. The second-order valence-corrected chi connectivity index (χ2v) is 4.83. The second-order valence-electron chi connectivity index (χ2n) is 4.83. The van der Waals surface area contributed by atoms with Crippen LogP contribution in [0.2, 0.25) is 0 Å². The third-order valence-electron chi connectivity index (χ3n) is 3.58. The van der Waals surface area contributed by atoms with Crippen molar-refractivity contribution >= 4 is 17.6 Å². The van der Waals surface area contributed by atoms with Gasteiger partial charge in [0.05, 0.1) is 0 Å². The van der Waals surface area contributed by atoms with Crippen LogP contribution in [0.1, 0.15) is 25.7 Å². The van der Waals surface area contributed by atoms with Crippen molar-refractivity contribution in [2.24, 2.45) is 4.99 Å². The summed E-state index contributed by atoms with van der Waals surface area (Å²) in [5.74, 6) is 0.846. The van der Waals surface area contributed by atoms with Crippen LogP contribution in [0.3, 0.4) is 0 Å². The molecule has 3 rings (SSSR count). The lowest BCUT2D eigenvalue weighted by Gasteiger charge is -2.25. The Morgan fingerprint density at radius 3 is 2.61 bits per heavy atom. The number of nitrogens with one attached hydrogen (secondary N) is 1. The summed E-state index contributed by atoms with van der Waals surface area (Å²) in [5, 5.41) is 3.25. The number of amides is 1. The van der Waals surface area contributed by atoms with Crippen molar-refractivity contribution in [1.82, 2.24) is 4.90 Å². The van der Waals surface area contributed by atoms with Gasteiger partial charge in [0, 0.05) is 11.7 Å². The minimum atomic E-state index is 0.125. The van der Waals surface area contributed by atoms with E-state index in [1.54, 1.807) is 0 Å². The average Bonchev–Trinajstić information content (AvgIpc) is 3.01. The van der Waals surface area contributed by atoms with Gasteiger partial charge in [-0.25, -0.2) is 4.99 Å². The highest BCUT2D eigenvalue weighted by atomic mass is 16.2. The van der Waals surface area contributed by atoms with E-state index in [0.717, 1.165) is 24.5 Å². The lowest BCUT2D eigenvalue weighted by atomic mass is 10.2. The number of para-hydroxylation sites is 1. The third kappa shape index (κ3) is 2.10. The first kappa shape index (κ1) is 11.3. The third-order valence-corrected chi connectivity index (χ3v) is 3.58. The van der Waals surface area contributed by atoms with Gasteiger partial charge in [-0.15, -0.1) is 0 Å². The number of anilines is 1. The smallest absolute Gasteiger partial charge is 0.251 e. The molecule has 1 amide bonds. The van der Waals surface area contributed by atoms with Gasteiger partial charge in [0.25, 0.3) is 5.91 Å². The Hall–Kier alpha value is -1.84. The minimum absolute atomic E-state index is 0.125. The predicted molar refractivity (Wildman–Crippen MR) is 71.5 cm³/mol.